The number of rotatable bonds is 11. The van der Waals surface area contributed by atoms with Gasteiger partial charge in [-0.2, -0.15) is 0 Å². The molecule has 10 heteroatoms. The van der Waals surface area contributed by atoms with Gasteiger partial charge in [0.05, 0.1) is 37.3 Å². The van der Waals surface area contributed by atoms with Gasteiger partial charge in [-0.15, -0.1) is 0 Å². The van der Waals surface area contributed by atoms with E-state index in [0.29, 0.717) is 39.3 Å². The van der Waals surface area contributed by atoms with Crippen LogP contribution < -0.4 is 0 Å². The third-order valence-corrected chi connectivity index (χ3v) is 12.6. The van der Waals surface area contributed by atoms with E-state index in [0.717, 1.165) is 38.5 Å². The number of hydrogen-bond acceptors (Lipinski definition) is 10. The van der Waals surface area contributed by atoms with Crippen LogP contribution in [0.15, 0.2) is 0 Å². The summed E-state index contributed by atoms with van der Waals surface area (Å²) in [6.45, 7) is 24.6. The number of nitrogens with zero attached hydrogens (tertiary/aromatic N) is 2. The Morgan fingerprint density at radius 2 is 0.816 bits per heavy atom. The van der Waals surface area contributed by atoms with Gasteiger partial charge in [-0.3, -0.25) is 19.4 Å². The predicted molar refractivity (Wildman–Crippen MR) is 192 cm³/mol. The molecule has 49 heavy (non-hydrogen) atoms. The van der Waals surface area contributed by atoms with Gasteiger partial charge in [0.1, 0.15) is 13.2 Å². The summed E-state index contributed by atoms with van der Waals surface area (Å²) in [5, 5.41) is 0. The zero-order valence-electron chi connectivity index (χ0n) is 32.5. The zero-order valence-corrected chi connectivity index (χ0v) is 32.5. The Hall–Kier alpha value is -1.30. The van der Waals surface area contributed by atoms with Crippen LogP contribution in [0.25, 0.3) is 0 Å². The fourth-order valence-electron chi connectivity index (χ4n) is 8.52. The number of esters is 2. The van der Waals surface area contributed by atoms with E-state index in [4.69, 9.17) is 28.4 Å². The number of hydrogen-bond donors (Lipinski definition) is 0. The molecular formula is C39H72N2O8. The maximum atomic E-state index is 12.7. The summed E-state index contributed by atoms with van der Waals surface area (Å²) >= 11 is 0. The second-order valence-electron chi connectivity index (χ2n) is 18.3. The molecule has 4 aliphatic heterocycles. The smallest absolute Gasteiger partial charge is 0.305 e. The van der Waals surface area contributed by atoms with Crippen molar-refractivity contribution in [3.05, 3.63) is 0 Å². The van der Waals surface area contributed by atoms with Gasteiger partial charge in [-0.25, -0.2) is 0 Å². The molecule has 4 fully saturated rings. The Kier molecular flexibility index (Phi) is 12.9. The Bertz CT molecular complexity index is 1000. The van der Waals surface area contributed by atoms with Gasteiger partial charge in [0.25, 0.3) is 0 Å². The minimum Gasteiger partial charge on any atom is -0.465 e. The summed E-state index contributed by atoms with van der Waals surface area (Å²) in [6, 6.07) is 0. The largest absolute Gasteiger partial charge is 0.465 e. The van der Waals surface area contributed by atoms with Crippen LogP contribution in [0.1, 0.15) is 141 Å². The molecule has 0 aromatic rings. The van der Waals surface area contributed by atoms with E-state index in [1.165, 1.54) is 0 Å². The molecule has 0 aromatic heterocycles. The van der Waals surface area contributed by atoms with Crippen LogP contribution in [0, 0.1) is 10.8 Å². The molecule has 0 N–H and O–H groups in total. The molecule has 0 saturated carbocycles. The SMILES string of the molecule is C.CCC1(COC(=O)CCCCC(=O)OCC2(CC)COC3(CC(C)(C)N(C)C(C)(C)C3)OC2)COC2(CC(C)(C)N(C)C(C)(C)C2)OC1. The molecule has 2 spiro atoms. The predicted octanol–water partition coefficient (Wildman–Crippen LogP) is 7.11. The van der Waals surface area contributed by atoms with Crippen LogP contribution >= 0.6 is 0 Å². The van der Waals surface area contributed by atoms with E-state index in [2.05, 4.69) is 93.1 Å². The van der Waals surface area contributed by atoms with Crippen molar-refractivity contribution in [2.45, 2.75) is 175 Å². The van der Waals surface area contributed by atoms with Crippen LogP contribution in [0.5, 0.6) is 0 Å². The molecule has 4 heterocycles. The third kappa shape index (κ3) is 9.39. The maximum absolute atomic E-state index is 12.7. The summed E-state index contributed by atoms with van der Waals surface area (Å²) in [5.74, 6) is -1.75. The van der Waals surface area contributed by atoms with Crippen LogP contribution in [-0.4, -0.2) is 109 Å². The summed E-state index contributed by atoms with van der Waals surface area (Å²) in [5.41, 5.74) is -0.961. The first-order chi connectivity index (χ1) is 22.1. The lowest BCUT2D eigenvalue weighted by atomic mass is 9.75. The standard InChI is InChI=1S/C38H68N2O8.CH4/c1-13-35(25-45-37(46-26-35)19-31(3,4)39(11)32(5,6)20-37)23-43-29(41)17-15-16-18-30(42)44-24-36(14-2)27-47-38(48-28-36)21-33(7,8)40(12)34(9,10)22-38;/h13-28H2,1-12H3;1H4. The van der Waals surface area contributed by atoms with Gasteiger partial charge in [-0.05, 0) is 95.2 Å². The number of carbonyl (C=O) groups excluding carboxylic acids is 2. The normalized spacial score (nSPS) is 27.6. The van der Waals surface area contributed by atoms with Gasteiger partial charge < -0.3 is 28.4 Å². The van der Waals surface area contributed by atoms with Gasteiger partial charge in [0.15, 0.2) is 11.6 Å². The minimum atomic E-state index is -0.617. The van der Waals surface area contributed by atoms with Gasteiger partial charge in [0, 0.05) is 60.7 Å². The summed E-state index contributed by atoms with van der Waals surface area (Å²) in [7, 11) is 4.34. The number of unbranched alkanes of at least 4 members (excludes halogenated alkanes) is 1. The van der Waals surface area contributed by atoms with Crippen LogP contribution in [0.4, 0.5) is 0 Å². The highest BCUT2D eigenvalue weighted by Gasteiger charge is 2.57. The maximum Gasteiger partial charge on any atom is 0.305 e. The first-order valence-electron chi connectivity index (χ1n) is 18.4. The molecule has 4 aliphatic rings. The molecule has 4 saturated heterocycles. The van der Waals surface area contributed by atoms with Crippen molar-refractivity contribution in [2.75, 3.05) is 53.7 Å². The van der Waals surface area contributed by atoms with E-state index in [1.807, 2.05) is 0 Å². The average molecular weight is 697 g/mol. The second-order valence-corrected chi connectivity index (χ2v) is 18.3. The first kappa shape index (κ1) is 42.1. The van der Waals surface area contributed by atoms with Crippen LogP contribution in [0.3, 0.4) is 0 Å². The van der Waals surface area contributed by atoms with E-state index >= 15 is 0 Å². The van der Waals surface area contributed by atoms with Gasteiger partial charge in [-0.1, -0.05) is 21.3 Å². The van der Waals surface area contributed by atoms with Crippen molar-refractivity contribution in [1.82, 2.24) is 9.80 Å². The molecule has 4 rings (SSSR count). The fourth-order valence-corrected chi connectivity index (χ4v) is 8.52. The minimum absolute atomic E-state index is 0. The number of carbonyl (C=O) groups is 2. The molecule has 0 atom stereocenters. The van der Waals surface area contributed by atoms with Gasteiger partial charge in [0.2, 0.25) is 0 Å². The third-order valence-electron chi connectivity index (χ3n) is 12.6. The quantitative estimate of drug-likeness (QED) is 0.164. The Labute approximate surface area is 298 Å². The molecule has 0 aliphatic carbocycles. The second kappa shape index (κ2) is 15.0. The summed E-state index contributed by atoms with van der Waals surface area (Å²) in [6.07, 6.45) is 6.39. The monoisotopic (exact) mass is 697 g/mol. The van der Waals surface area contributed by atoms with Crippen molar-refractivity contribution >= 4 is 11.9 Å². The lowest BCUT2D eigenvalue weighted by Crippen LogP contribution is -2.67. The number of piperidine rings is 2. The lowest BCUT2D eigenvalue weighted by Gasteiger charge is -2.59. The van der Waals surface area contributed by atoms with Gasteiger partial charge >= 0.3 is 11.9 Å². The molecule has 10 nitrogen and oxygen atoms in total. The topological polar surface area (TPSA) is 96.0 Å². The van der Waals surface area contributed by atoms with Crippen LogP contribution in [-0.2, 0) is 38.0 Å². The van der Waals surface area contributed by atoms with Crippen LogP contribution in [0.2, 0.25) is 0 Å². The lowest BCUT2D eigenvalue weighted by molar-refractivity contribution is -0.344. The van der Waals surface area contributed by atoms with Crippen molar-refractivity contribution in [2.24, 2.45) is 10.8 Å². The van der Waals surface area contributed by atoms with Crippen molar-refractivity contribution in [3.63, 3.8) is 0 Å². The fraction of sp³-hybridized carbons (Fsp3) is 0.949. The zero-order chi connectivity index (χ0) is 35.9. The van der Waals surface area contributed by atoms with E-state index < -0.39 is 11.6 Å². The van der Waals surface area contributed by atoms with E-state index in [1.54, 1.807) is 0 Å². The molecule has 0 amide bonds. The Morgan fingerprint density at radius 1 is 0.551 bits per heavy atom. The molecule has 0 bridgehead atoms. The molecular weight excluding hydrogens is 624 g/mol. The van der Waals surface area contributed by atoms with E-state index in [9.17, 15) is 9.59 Å². The highest BCUT2D eigenvalue weighted by molar-refractivity contribution is 5.70. The van der Waals surface area contributed by atoms with Crippen molar-refractivity contribution < 1.29 is 38.0 Å². The highest BCUT2D eigenvalue weighted by atomic mass is 16.7. The first-order valence-corrected chi connectivity index (χ1v) is 18.4. The molecule has 0 unspecified atom stereocenters. The molecule has 286 valence electrons. The molecule has 0 aromatic carbocycles. The van der Waals surface area contributed by atoms with Crippen molar-refractivity contribution in [3.8, 4) is 0 Å². The molecule has 0 radical (unpaired) electrons. The number of ether oxygens (including phenoxy) is 6. The Balaban J connectivity index is 0.00000650. The summed E-state index contributed by atoms with van der Waals surface area (Å²) in [4.78, 5) is 30.2. The number of likely N-dealkylation sites (tertiary alicyclic amines) is 2. The summed E-state index contributed by atoms with van der Waals surface area (Å²) < 4.78 is 37.5. The Morgan fingerprint density at radius 3 is 1.06 bits per heavy atom. The highest BCUT2D eigenvalue weighted by Crippen LogP contribution is 2.50. The average Bonchev–Trinajstić information content (AvgIpc) is 3.00. The van der Waals surface area contributed by atoms with Crippen molar-refractivity contribution in [1.29, 1.82) is 0 Å². The van der Waals surface area contributed by atoms with E-state index in [-0.39, 0.29) is 78.4 Å².